The second kappa shape index (κ2) is 6.74. The Kier molecular flexibility index (Phi) is 5.85. The second-order valence-electron chi connectivity index (χ2n) is 5.47. The predicted octanol–water partition coefficient (Wildman–Crippen LogP) is 6.19. The molecule has 0 saturated carbocycles. The molecule has 0 radical (unpaired) electrons. The molecule has 0 aliphatic carbocycles. The van der Waals surface area contributed by atoms with Crippen molar-refractivity contribution < 1.29 is 12.6 Å². The summed E-state index contributed by atoms with van der Waals surface area (Å²) in [6.07, 6.45) is 4.84. The normalized spacial score (nSPS) is 14.1. The predicted molar refractivity (Wildman–Crippen MR) is 79.0 cm³/mol. The van der Waals surface area contributed by atoms with E-state index >= 15 is 0 Å². The van der Waals surface area contributed by atoms with Crippen LogP contribution in [0, 0.1) is 0 Å². The molecule has 0 fully saturated rings. The summed E-state index contributed by atoms with van der Waals surface area (Å²) in [7, 11) is -5.80. The molecule has 0 nitrogen and oxygen atoms in total. The van der Waals surface area contributed by atoms with Gasteiger partial charge in [0.05, 0.1) is 0 Å². The fourth-order valence-electron chi connectivity index (χ4n) is 2.07. The van der Waals surface area contributed by atoms with Gasteiger partial charge in [-0.2, -0.15) is 0 Å². The summed E-state index contributed by atoms with van der Waals surface area (Å²) in [5.41, 5.74) is 2.30. The molecule has 0 heterocycles. The van der Waals surface area contributed by atoms with Gasteiger partial charge in [-0.1, -0.05) is 0 Å². The average Bonchev–Trinajstić information content (AvgIpc) is 2.29. The number of hydrogen-bond donors (Lipinski definition) is 0. The van der Waals surface area contributed by atoms with Crippen molar-refractivity contribution in [2.24, 2.45) is 0 Å². The minimum atomic E-state index is -5.80. The molecule has 19 heavy (non-hydrogen) atoms. The summed E-state index contributed by atoms with van der Waals surface area (Å²) < 4.78 is 38.4. The zero-order chi connectivity index (χ0) is 14.4. The van der Waals surface area contributed by atoms with Crippen LogP contribution in [0.5, 0.6) is 0 Å². The summed E-state index contributed by atoms with van der Waals surface area (Å²) in [6.45, 7) is 2.65. The first-order valence-electron chi connectivity index (χ1n) is 7.01. The van der Waals surface area contributed by atoms with Crippen molar-refractivity contribution in [1.29, 1.82) is 0 Å². The molecule has 4 heteroatoms. The molecule has 0 saturated heterocycles. The number of halogens is 3. The molecule has 110 valence electrons. The van der Waals surface area contributed by atoms with Gasteiger partial charge in [-0.05, 0) is 0 Å². The summed E-state index contributed by atoms with van der Waals surface area (Å²) in [5, 5.41) is 0. The van der Waals surface area contributed by atoms with Crippen LogP contribution in [0.25, 0.3) is 0 Å². The molecular weight excluding hydrogens is 268 g/mol. The van der Waals surface area contributed by atoms with Crippen molar-refractivity contribution in [1.82, 2.24) is 0 Å². The Morgan fingerprint density at radius 2 is 1.32 bits per heavy atom. The number of unbranched alkanes of at least 4 members (excludes halogenated alkanes) is 2. The van der Waals surface area contributed by atoms with E-state index in [0.717, 1.165) is 12.0 Å². The van der Waals surface area contributed by atoms with Crippen molar-refractivity contribution >= 4 is 7.54 Å². The summed E-state index contributed by atoms with van der Waals surface area (Å²) in [5.74, 6) is 0. The maximum absolute atomic E-state index is 12.8. The Bertz CT molecular complexity index is 369. The Labute approximate surface area is 114 Å². The number of hydrogen-bond acceptors (Lipinski definition) is 0. The summed E-state index contributed by atoms with van der Waals surface area (Å²) in [4.78, 5) is 0. The van der Waals surface area contributed by atoms with Gasteiger partial charge in [0, 0.05) is 0 Å². The Morgan fingerprint density at radius 3 is 1.74 bits per heavy atom. The van der Waals surface area contributed by atoms with E-state index in [4.69, 9.17) is 0 Å². The van der Waals surface area contributed by atoms with E-state index in [1.807, 2.05) is 12.1 Å². The molecule has 0 aliphatic rings. The van der Waals surface area contributed by atoms with Gasteiger partial charge >= 0.3 is 114 Å². The van der Waals surface area contributed by atoms with E-state index in [0.29, 0.717) is 13.1 Å². The van der Waals surface area contributed by atoms with Gasteiger partial charge in [0.25, 0.3) is 0 Å². The van der Waals surface area contributed by atoms with Crippen LogP contribution in [0.15, 0.2) is 24.3 Å². The Hall–Kier alpha value is -0.560. The summed E-state index contributed by atoms with van der Waals surface area (Å²) in [6, 6.07) is 8.05. The van der Waals surface area contributed by atoms with Gasteiger partial charge in [-0.3, -0.25) is 0 Å². The first-order valence-corrected chi connectivity index (χ1v) is 9.55. The van der Waals surface area contributed by atoms with Crippen LogP contribution in [-0.4, -0.2) is 12.8 Å². The topological polar surface area (TPSA) is 0 Å². The van der Waals surface area contributed by atoms with Gasteiger partial charge in [0.2, 0.25) is 0 Å². The van der Waals surface area contributed by atoms with E-state index < -0.39 is 13.7 Å². The van der Waals surface area contributed by atoms with Crippen LogP contribution in [-0.2, 0) is 12.8 Å². The maximum atomic E-state index is 12.8. The van der Waals surface area contributed by atoms with Crippen molar-refractivity contribution in [3.63, 3.8) is 0 Å². The molecule has 0 aliphatic heterocycles. The van der Waals surface area contributed by atoms with Crippen LogP contribution in [0.4, 0.5) is 12.6 Å². The van der Waals surface area contributed by atoms with Crippen LogP contribution < -0.4 is 0 Å². The van der Waals surface area contributed by atoms with Crippen molar-refractivity contribution in [2.75, 3.05) is 12.8 Å². The monoisotopic (exact) mass is 292 g/mol. The minimum absolute atomic E-state index is 0.215. The van der Waals surface area contributed by atoms with E-state index in [1.54, 1.807) is 0 Å². The van der Waals surface area contributed by atoms with Crippen LogP contribution in [0.3, 0.4) is 0 Å². The van der Waals surface area contributed by atoms with Gasteiger partial charge in [-0.15, -0.1) is 0 Å². The second-order valence-corrected chi connectivity index (χ2v) is 8.67. The van der Waals surface area contributed by atoms with E-state index in [9.17, 15) is 12.6 Å². The number of benzene rings is 1. The van der Waals surface area contributed by atoms with E-state index in [-0.39, 0.29) is 6.42 Å². The van der Waals surface area contributed by atoms with Crippen molar-refractivity contribution in [2.45, 2.75) is 45.4 Å². The van der Waals surface area contributed by atoms with Gasteiger partial charge in [0.1, 0.15) is 0 Å². The molecule has 0 atom stereocenters. The first kappa shape index (κ1) is 16.5. The molecule has 0 unspecified atom stereocenters. The van der Waals surface area contributed by atoms with Crippen molar-refractivity contribution in [3.8, 4) is 0 Å². The molecule has 0 spiro atoms. The van der Waals surface area contributed by atoms with Crippen LogP contribution in [0.1, 0.15) is 43.7 Å². The molecule has 0 amide bonds. The number of aryl methyl sites for hydroxylation is 2. The fourth-order valence-corrected chi connectivity index (χ4v) is 2.91. The third kappa shape index (κ3) is 8.26. The zero-order valence-corrected chi connectivity index (χ0v) is 12.7. The molecule has 1 aromatic rings. The Balaban J connectivity index is 2.36. The summed E-state index contributed by atoms with van der Waals surface area (Å²) >= 11 is 0. The van der Waals surface area contributed by atoms with E-state index in [1.165, 1.54) is 24.8 Å². The molecule has 1 aromatic carbocycles. The van der Waals surface area contributed by atoms with Crippen LogP contribution >= 0.6 is 7.54 Å². The molecule has 0 N–H and O–H groups in total. The third-order valence-corrected chi connectivity index (χ3v) is 4.46. The number of rotatable bonds is 8. The van der Waals surface area contributed by atoms with Gasteiger partial charge in [0.15, 0.2) is 0 Å². The SMILES string of the molecule is CCCCCc1ccc(CCCP(C)(F)(F)F)cc1. The van der Waals surface area contributed by atoms with E-state index in [2.05, 4.69) is 19.1 Å². The van der Waals surface area contributed by atoms with Crippen LogP contribution in [0.2, 0.25) is 0 Å². The zero-order valence-electron chi connectivity index (χ0n) is 11.8. The molecule has 0 aromatic heterocycles. The van der Waals surface area contributed by atoms with Crippen molar-refractivity contribution in [3.05, 3.63) is 35.4 Å². The molecule has 1 rings (SSSR count). The van der Waals surface area contributed by atoms with Gasteiger partial charge in [-0.25, -0.2) is 0 Å². The quantitative estimate of drug-likeness (QED) is 0.396. The van der Waals surface area contributed by atoms with Gasteiger partial charge < -0.3 is 0 Å². The standard InChI is InChI=1S/C15H24F3P/c1-3-4-5-7-14-9-11-15(12-10-14)8-6-13-19(2,16,17)18/h9-12H,3-8,13H2,1-2H3. The third-order valence-electron chi connectivity index (χ3n) is 3.19. The first-order chi connectivity index (χ1) is 8.76. The molecule has 0 bridgehead atoms. The Morgan fingerprint density at radius 1 is 0.842 bits per heavy atom. The fraction of sp³-hybridized carbons (Fsp3) is 0.600. The molecular formula is C15H24F3P. The average molecular weight is 292 g/mol.